The molecule has 2 N–H and O–H groups in total. The Kier molecular flexibility index (Phi) is 5.71. The summed E-state index contributed by atoms with van der Waals surface area (Å²) in [5.74, 6) is 1.75. The number of ether oxygens (including phenoxy) is 2. The van der Waals surface area contributed by atoms with E-state index >= 15 is 0 Å². The molecule has 2 aromatic rings. The van der Waals surface area contributed by atoms with Crippen LogP contribution in [-0.2, 0) is 17.8 Å². The summed E-state index contributed by atoms with van der Waals surface area (Å²) in [5.41, 5.74) is 2.27. The Morgan fingerprint density at radius 1 is 1.33 bits per heavy atom. The Morgan fingerprint density at radius 3 is 2.86 bits per heavy atom. The highest BCUT2D eigenvalue weighted by atomic mass is 16.5. The highest BCUT2D eigenvalue weighted by Crippen LogP contribution is 2.23. The van der Waals surface area contributed by atoms with Gasteiger partial charge in [-0.25, -0.2) is 4.98 Å². The van der Waals surface area contributed by atoms with Crippen molar-refractivity contribution in [1.82, 2.24) is 20.5 Å². The lowest BCUT2D eigenvalue weighted by atomic mass is 10.0. The smallest absolute Gasteiger partial charge is 0.137 e. The van der Waals surface area contributed by atoms with E-state index in [1.807, 2.05) is 6.07 Å². The molecule has 1 aromatic carbocycles. The average molecular weight is 290 g/mol. The minimum absolute atomic E-state index is 0.245. The quantitative estimate of drug-likeness (QED) is 0.776. The summed E-state index contributed by atoms with van der Waals surface area (Å²) in [7, 11) is 3.36. The molecule has 0 bridgehead atoms. The van der Waals surface area contributed by atoms with Gasteiger partial charge >= 0.3 is 0 Å². The number of benzene rings is 1. The van der Waals surface area contributed by atoms with Crippen molar-refractivity contribution in [3.63, 3.8) is 0 Å². The molecule has 21 heavy (non-hydrogen) atoms. The summed E-state index contributed by atoms with van der Waals surface area (Å²) < 4.78 is 10.6. The topological polar surface area (TPSA) is 72.1 Å². The zero-order chi connectivity index (χ0) is 15.1. The Morgan fingerprint density at radius 2 is 2.19 bits per heavy atom. The van der Waals surface area contributed by atoms with Gasteiger partial charge in [0.1, 0.15) is 17.9 Å². The van der Waals surface area contributed by atoms with Crippen molar-refractivity contribution in [3.8, 4) is 5.75 Å². The normalized spacial score (nSPS) is 12.3. The predicted octanol–water partition coefficient (Wildman–Crippen LogP) is 1.85. The zero-order valence-corrected chi connectivity index (χ0v) is 12.7. The van der Waals surface area contributed by atoms with Crippen molar-refractivity contribution in [1.29, 1.82) is 0 Å². The van der Waals surface area contributed by atoms with Gasteiger partial charge < -0.3 is 14.8 Å². The minimum Gasteiger partial charge on any atom is -0.496 e. The van der Waals surface area contributed by atoms with Gasteiger partial charge in [-0.15, -0.1) is 0 Å². The van der Waals surface area contributed by atoms with E-state index in [-0.39, 0.29) is 6.04 Å². The molecule has 0 spiro atoms. The second-order valence-corrected chi connectivity index (χ2v) is 4.86. The summed E-state index contributed by atoms with van der Waals surface area (Å²) >= 11 is 0. The second kappa shape index (κ2) is 7.75. The zero-order valence-electron chi connectivity index (χ0n) is 12.7. The van der Waals surface area contributed by atoms with Crippen molar-refractivity contribution in [2.45, 2.75) is 26.0 Å². The third kappa shape index (κ3) is 4.27. The number of aromatic nitrogens is 3. The first-order valence-corrected chi connectivity index (χ1v) is 6.98. The van der Waals surface area contributed by atoms with Crippen molar-refractivity contribution < 1.29 is 9.47 Å². The summed E-state index contributed by atoms with van der Waals surface area (Å²) in [6.45, 7) is 3.52. The molecule has 0 radical (unpaired) electrons. The van der Waals surface area contributed by atoms with Gasteiger partial charge in [0.15, 0.2) is 0 Å². The van der Waals surface area contributed by atoms with E-state index in [4.69, 9.17) is 9.47 Å². The molecule has 6 heteroatoms. The number of rotatable bonds is 8. The standard InChI is InChI=1S/C15H22N4O2/c1-11(16-7-6-15-17-10-18-19-15)12-4-5-14(21-3)13(8-12)9-20-2/h4-5,8,10-11,16H,6-7,9H2,1-3H3,(H,17,18,19). The number of H-pyrrole nitrogens is 1. The molecule has 114 valence electrons. The molecule has 2 rings (SSSR count). The first-order valence-electron chi connectivity index (χ1n) is 6.98. The van der Waals surface area contributed by atoms with E-state index in [0.29, 0.717) is 6.61 Å². The van der Waals surface area contributed by atoms with Crippen LogP contribution in [0.25, 0.3) is 0 Å². The van der Waals surface area contributed by atoms with Crippen molar-refractivity contribution >= 4 is 0 Å². The average Bonchev–Trinajstić information content (AvgIpc) is 3.00. The number of hydrogen-bond acceptors (Lipinski definition) is 5. The third-order valence-corrected chi connectivity index (χ3v) is 3.38. The molecule has 0 fully saturated rings. The van der Waals surface area contributed by atoms with Crippen LogP contribution in [0.2, 0.25) is 0 Å². The summed E-state index contributed by atoms with van der Waals surface area (Å²) in [6.07, 6.45) is 2.35. The van der Waals surface area contributed by atoms with Crippen molar-refractivity contribution in [2.24, 2.45) is 0 Å². The molecular weight excluding hydrogens is 268 g/mol. The Bertz CT molecular complexity index is 543. The second-order valence-electron chi connectivity index (χ2n) is 4.86. The van der Waals surface area contributed by atoms with Gasteiger partial charge in [0.2, 0.25) is 0 Å². The lowest BCUT2D eigenvalue weighted by molar-refractivity contribution is 0.181. The van der Waals surface area contributed by atoms with Gasteiger partial charge in [0.05, 0.1) is 13.7 Å². The molecule has 0 amide bonds. The van der Waals surface area contributed by atoms with E-state index in [1.165, 1.54) is 11.9 Å². The molecule has 1 aromatic heterocycles. The van der Waals surface area contributed by atoms with Gasteiger partial charge in [-0.2, -0.15) is 5.10 Å². The number of methoxy groups -OCH3 is 2. The fourth-order valence-corrected chi connectivity index (χ4v) is 2.21. The maximum Gasteiger partial charge on any atom is 0.137 e. The molecule has 0 saturated heterocycles. The number of nitrogens with one attached hydrogen (secondary N) is 2. The molecule has 0 aliphatic carbocycles. The van der Waals surface area contributed by atoms with Crippen molar-refractivity contribution in [2.75, 3.05) is 20.8 Å². The van der Waals surface area contributed by atoms with Crippen LogP contribution in [0.1, 0.15) is 29.9 Å². The molecule has 0 saturated carbocycles. The number of nitrogens with zero attached hydrogens (tertiary/aromatic N) is 2. The van der Waals surface area contributed by atoms with E-state index in [2.05, 4.69) is 39.6 Å². The first kappa shape index (κ1) is 15.5. The van der Waals surface area contributed by atoms with Crippen LogP contribution in [0.4, 0.5) is 0 Å². The minimum atomic E-state index is 0.245. The number of aromatic amines is 1. The maximum atomic E-state index is 5.34. The van der Waals surface area contributed by atoms with E-state index < -0.39 is 0 Å². The molecule has 6 nitrogen and oxygen atoms in total. The van der Waals surface area contributed by atoms with Crippen LogP contribution in [0, 0.1) is 0 Å². The van der Waals surface area contributed by atoms with Gasteiger partial charge in [-0.1, -0.05) is 6.07 Å². The van der Waals surface area contributed by atoms with E-state index in [9.17, 15) is 0 Å². The van der Waals surface area contributed by atoms with E-state index in [1.54, 1.807) is 14.2 Å². The monoisotopic (exact) mass is 290 g/mol. The van der Waals surface area contributed by atoms with Crippen LogP contribution in [0.3, 0.4) is 0 Å². The highest BCUT2D eigenvalue weighted by Gasteiger charge is 2.09. The molecular formula is C15H22N4O2. The largest absolute Gasteiger partial charge is 0.496 e. The molecule has 0 aliphatic rings. The van der Waals surface area contributed by atoms with Crippen LogP contribution < -0.4 is 10.1 Å². The van der Waals surface area contributed by atoms with Gasteiger partial charge in [0.25, 0.3) is 0 Å². The SMILES string of the molecule is COCc1cc(C(C)NCCc2ncn[nH]2)ccc1OC. The van der Waals surface area contributed by atoms with Crippen LogP contribution in [-0.4, -0.2) is 35.9 Å². The molecule has 1 heterocycles. The van der Waals surface area contributed by atoms with Gasteiger partial charge in [-0.3, -0.25) is 5.10 Å². The lowest BCUT2D eigenvalue weighted by Gasteiger charge is -2.16. The third-order valence-electron chi connectivity index (χ3n) is 3.38. The number of hydrogen-bond donors (Lipinski definition) is 2. The summed E-state index contributed by atoms with van der Waals surface area (Å²) in [4.78, 5) is 4.11. The molecule has 1 unspecified atom stereocenters. The first-order chi connectivity index (χ1) is 10.2. The highest BCUT2D eigenvalue weighted by molar-refractivity contribution is 5.38. The molecule has 0 aliphatic heterocycles. The van der Waals surface area contributed by atoms with Gasteiger partial charge in [-0.05, 0) is 24.6 Å². The fourth-order valence-electron chi connectivity index (χ4n) is 2.21. The summed E-state index contributed by atoms with van der Waals surface area (Å²) in [5, 5.41) is 10.2. The van der Waals surface area contributed by atoms with E-state index in [0.717, 1.165) is 30.1 Å². The van der Waals surface area contributed by atoms with Crippen molar-refractivity contribution in [3.05, 3.63) is 41.5 Å². The Hall–Kier alpha value is -1.92. The maximum absolute atomic E-state index is 5.34. The Labute approximate surface area is 124 Å². The van der Waals surface area contributed by atoms with Crippen LogP contribution in [0.5, 0.6) is 5.75 Å². The van der Waals surface area contributed by atoms with Crippen LogP contribution in [0.15, 0.2) is 24.5 Å². The van der Waals surface area contributed by atoms with Gasteiger partial charge in [0, 0.05) is 31.7 Å². The Balaban J connectivity index is 1.94. The summed E-state index contributed by atoms with van der Waals surface area (Å²) in [6, 6.07) is 6.42. The predicted molar refractivity (Wildman–Crippen MR) is 80.2 cm³/mol. The lowest BCUT2D eigenvalue weighted by Crippen LogP contribution is -2.22. The fraction of sp³-hybridized carbons (Fsp3) is 0.467. The van der Waals surface area contributed by atoms with Crippen LogP contribution >= 0.6 is 0 Å². The molecule has 1 atom stereocenters.